The summed E-state index contributed by atoms with van der Waals surface area (Å²) < 4.78 is 38.6. The molecule has 0 heterocycles. The fourth-order valence-corrected chi connectivity index (χ4v) is 2.69. The average molecular weight is 360 g/mol. The van der Waals surface area contributed by atoms with Crippen LogP contribution in [0.2, 0.25) is 0 Å². The molecule has 1 N–H and O–H groups in total. The van der Waals surface area contributed by atoms with E-state index in [1.165, 1.54) is 0 Å². The van der Waals surface area contributed by atoms with Crippen molar-refractivity contribution in [2.75, 3.05) is 26.1 Å². The summed E-state index contributed by atoms with van der Waals surface area (Å²) in [6.45, 7) is 3.45. The lowest BCUT2D eigenvalue weighted by molar-refractivity contribution is -0.137. The van der Waals surface area contributed by atoms with E-state index < -0.39 is 22.2 Å². The Labute approximate surface area is 142 Å². The molecule has 0 amide bonds. The van der Waals surface area contributed by atoms with E-state index in [2.05, 4.69) is 0 Å². The molecule has 136 valence electrons. The number of hydrogen-bond donors (Lipinski definition) is 1. The number of benzene rings is 1. The second kappa shape index (κ2) is 10.3. The van der Waals surface area contributed by atoms with Gasteiger partial charge in [0.2, 0.25) is 0 Å². The molecule has 0 spiro atoms. The van der Waals surface area contributed by atoms with Crippen LogP contribution in [0.3, 0.4) is 0 Å². The first kappa shape index (κ1) is 20.4. The molecule has 0 radical (unpaired) electrons. The van der Waals surface area contributed by atoms with E-state index in [0.29, 0.717) is 44.0 Å². The summed E-state index contributed by atoms with van der Waals surface area (Å²) in [4.78, 5) is 10.6. The first-order valence-corrected chi connectivity index (χ1v) is 9.54. The third-order valence-electron chi connectivity index (χ3n) is 3.10. The Bertz CT molecular complexity index is 595. The van der Waals surface area contributed by atoms with Crippen LogP contribution in [0, 0.1) is 0 Å². The Balaban J connectivity index is 2.68. The summed E-state index contributed by atoms with van der Waals surface area (Å²) in [5.74, 6) is -0.284. The lowest BCUT2D eigenvalue weighted by atomic mass is 10.0. The molecular weight excluding hydrogens is 336 g/mol. The molecule has 0 aliphatic heterocycles. The number of rotatable bonds is 12. The van der Waals surface area contributed by atoms with Crippen molar-refractivity contribution in [3.8, 4) is 5.75 Å². The van der Waals surface area contributed by atoms with Crippen LogP contribution in [0.5, 0.6) is 5.75 Å². The lowest BCUT2D eigenvalue weighted by Crippen LogP contribution is -2.11. The average Bonchev–Trinajstić information content (AvgIpc) is 2.50. The molecule has 1 aromatic carbocycles. The summed E-state index contributed by atoms with van der Waals surface area (Å²) in [5.41, 5.74) is 0.656. The zero-order chi connectivity index (χ0) is 18.0. The minimum Gasteiger partial charge on any atom is -0.491 e. The van der Waals surface area contributed by atoms with Crippen LogP contribution in [0.1, 0.15) is 37.9 Å². The van der Waals surface area contributed by atoms with Gasteiger partial charge in [0.1, 0.15) is 18.5 Å². The highest BCUT2D eigenvalue weighted by Gasteiger charge is 2.18. The summed E-state index contributed by atoms with van der Waals surface area (Å²) in [6.07, 6.45) is 0.841. The number of aliphatic carboxylic acids is 1. The Kier molecular flexibility index (Phi) is 8.73. The highest BCUT2D eigenvalue weighted by Crippen LogP contribution is 2.27. The SMILES string of the molecule is CCOCCOc1ccc(C(CCCC(=O)O)OS(C)(=O)=O)cc1. The number of ether oxygens (including phenoxy) is 2. The summed E-state index contributed by atoms with van der Waals surface area (Å²) in [7, 11) is -3.65. The van der Waals surface area contributed by atoms with Crippen LogP contribution < -0.4 is 4.74 Å². The molecule has 0 saturated carbocycles. The van der Waals surface area contributed by atoms with Crippen LogP contribution in [0.15, 0.2) is 24.3 Å². The van der Waals surface area contributed by atoms with Crippen LogP contribution in [-0.2, 0) is 23.8 Å². The molecule has 1 unspecified atom stereocenters. The van der Waals surface area contributed by atoms with Crippen molar-refractivity contribution in [1.29, 1.82) is 0 Å². The zero-order valence-electron chi connectivity index (χ0n) is 13.9. The smallest absolute Gasteiger partial charge is 0.303 e. The molecule has 1 atom stereocenters. The van der Waals surface area contributed by atoms with Gasteiger partial charge < -0.3 is 14.6 Å². The van der Waals surface area contributed by atoms with Crippen molar-refractivity contribution in [2.24, 2.45) is 0 Å². The fraction of sp³-hybridized carbons (Fsp3) is 0.562. The molecule has 1 rings (SSSR count). The maximum Gasteiger partial charge on any atom is 0.303 e. The van der Waals surface area contributed by atoms with Crippen molar-refractivity contribution < 1.29 is 32.0 Å². The quantitative estimate of drug-likeness (QED) is 0.451. The molecule has 24 heavy (non-hydrogen) atoms. The molecule has 8 heteroatoms. The van der Waals surface area contributed by atoms with Gasteiger partial charge in [-0.15, -0.1) is 0 Å². The van der Waals surface area contributed by atoms with E-state index in [0.717, 1.165) is 6.26 Å². The molecule has 0 fully saturated rings. The third-order valence-corrected chi connectivity index (χ3v) is 3.68. The first-order chi connectivity index (χ1) is 11.3. The second-order valence-electron chi connectivity index (χ2n) is 5.19. The molecule has 0 saturated heterocycles. The lowest BCUT2D eigenvalue weighted by Gasteiger charge is -2.17. The van der Waals surface area contributed by atoms with Gasteiger partial charge in [-0.1, -0.05) is 12.1 Å². The Morgan fingerprint density at radius 1 is 1.21 bits per heavy atom. The molecule has 0 aliphatic carbocycles. The predicted octanol–water partition coefficient (Wildman–Crippen LogP) is 2.37. The number of carboxylic acids is 1. The van der Waals surface area contributed by atoms with Crippen LogP contribution in [0.4, 0.5) is 0 Å². The normalized spacial score (nSPS) is 12.8. The van der Waals surface area contributed by atoms with E-state index in [4.69, 9.17) is 18.8 Å². The predicted molar refractivity (Wildman–Crippen MR) is 88.6 cm³/mol. The topological polar surface area (TPSA) is 99.1 Å². The van der Waals surface area contributed by atoms with Gasteiger partial charge in [0.05, 0.1) is 12.9 Å². The molecule has 7 nitrogen and oxygen atoms in total. The molecule has 0 bridgehead atoms. The number of carboxylic acid groups (broad SMARTS) is 1. The first-order valence-electron chi connectivity index (χ1n) is 7.72. The Morgan fingerprint density at radius 3 is 2.42 bits per heavy atom. The maximum absolute atomic E-state index is 11.4. The minimum absolute atomic E-state index is 0.0394. The highest BCUT2D eigenvalue weighted by molar-refractivity contribution is 7.86. The van der Waals surface area contributed by atoms with E-state index >= 15 is 0 Å². The fourth-order valence-electron chi connectivity index (χ4n) is 2.06. The van der Waals surface area contributed by atoms with Crippen molar-refractivity contribution >= 4 is 16.1 Å². The largest absolute Gasteiger partial charge is 0.491 e. The molecule has 0 aromatic heterocycles. The van der Waals surface area contributed by atoms with Gasteiger partial charge >= 0.3 is 5.97 Å². The van der Waals surface area contributed by atoms with Gasteiger partial charge in [-0.2, -0.15) is 8.42 Å². The highest BCUT2D eigenvalue weighted by atomic mass is 32.2. The van der Waals surface area contributed by atoms with E-state index in [-0.39, 0.29) is 6.42 Å². The van der Waals surface area contributed by atoms with Crippen molar-refractivity contribution in [3.05, 3.63) is 29.8 Å². The van der Waals surface area contributed by atoms with Gasteiger partial charge in [0.25, 0.3) is 10.1 Å². The van der Waals surface area contributed by atoms with Crippen molar-refractivity contribution in [1.82, 2.24) is 0 Å². The summed E-state index contributed by atoms with van der Waals surface area (Å²) in [5, 5.41) is 8.70. The van der Waals surface area contributed by atoms with Crippen molar-refractivity contribution in [2.45, 2.75) is 32.3 Å². The van der Waals surface area contributed by atoms with E-state index in [1.807, 2.05) is 6.92 Å². The molecule has 1 aromatic rings. The second-order valence-corrected chi connectivity index (χ2v) is 6.79. The number of carbonyl (C=O) groups is 1. The minimum atomic E-state index is -3.65. The van der Waals surface area contributed by atoms with Crippen LogP contribution >= 0.6 is 0 Å². The maximum atomic E-state index is 11.4. The van der Waals surface area contributed by atoms with Gasteiger partial charge in [0, 0.05) is 13.0 Å². The monoisotopic (exact) mass is 360 g/mol. The summed E-state index contributed by atoms with van der Waals surface area (Å²) in [6, 6.07) is 6.87. The Morgan fingerprint density at radius 2 is 1.88 bits per heavy atom. The van der Waals surface area contributed by atoms with Gasteiger partial charge in [-0.25, -0.2) is 0 Å². The van der Waals surface area contributed by atoms with Crippen LogP contribution in [0.25, 0.3) is 0 Å². The van der Waals surface area contributed by atoms with E-state index in [9.17, 15) is 13.2 Å². The summed E-state index contributed by atoms with van der Waals surface area (Å²) >= 11 is 0. The molecular formula is C16H24O7S. The zero-order valence-corrected chi connectivity index (χ0v) is 14.8. The van der Waals surface area contributed by atoms with Crippen molar-refractivity contribution in [3.63, 3.8) is 0 Å². The third kappa shape index (κ3) is 8.85. The molecule has 0 aliphatic rings. The Hall–Kier alpha value is -1.64. The van der Waals surface area contributed by atoms with Gasteiger partial charge in [-0.05, 0) is 37.5 Å². The van der Waals surface area contributed by atoms with Crippen LogP contribution in [-0.4, -0.2) is 45.6 Å². The van der Waals surface area contributed by atoms with Gasteiger partial charge in [-0.3, -0.25) is 8.98 Å². The van der Waals surface area contributed by atoms with E-state index in [1.54, 1.807) is 24.3 Å². The van der Waals surface area contributed by atoms with Gasteiger partial charge in [0.15, 0.2) is 0 Å². The standard InChI is InChI=1S/C16H24O7S/c1-3-21-11-12-22-14-9-7-13(8-10-14)15(23-24(2,19)20)5-4-6-16(17)18/h7-10,15H,3-6,11-12H2,1-2H3,(H,17,18). The number of hydrogen-bond acceptors (Lipinski definition) is 6.